The average Bonchev–Trinajstić information content (AvgIpc) is 3.62. The molecule has 8 heteroatoms. The average molecular weight is 478 g/mol. The van der Waals surface area contributed by atoms with Crippen molar-refractivity contribution >= 4 is 21.6 Å². The monoisotopic (exact) mass is 477 g/mol. The van der Waals surface area contributed by atoms with E-state index in [-0.39, 0.29) is 12.2 Å². The first-order valence-corrected chi connectivity index (χ1v) is 12.2. The second-order valence-electron chi connectivity index (χ2n) is 8.51. The van der Waals surface area contributed by atoms with E-state index in [2.05, 4.69) is 9.88 Å². The number of para-hydroxylation sites is 1. The molecule has 0 amide bonds. The van der Waals surface area contributed by atoms with E-state index in [1.807, 2.05) is 60.0 Å². The molecule has 1 aliphatic carbocycles. The molecule has 2 aromatic carbocycles. The summed E-state index contributed by atoms with van der Waals surface area (Å²) in [4.78, 5) is 23.6. The third kappa shape index (κ3) is 5.14. The summed E-state index contributed by atoms with van der Waals surface area (Å²) < 4.78 is 10.9. The first-order chi connectivity index (χ1) is 16.6. The Morgan fingerprint density at radius 3 is 2.62 bits per heavy atom. The van der Waals surface area contributed by atoms with Crippen LogP contribution in [-0.2, 0) is 6.54 Å². The smallest absolute Gasteiger partial charge is 0.260 e. The maximum absolute atomic E-state index is 13.0. The molecule has 2 N–H and O–H groups in total. The predicted octanol–water partition coefficient (Wildman–Crippen LogP) is 4.06. The molecule has 0 aliphatic heterocycles. The van der Waals surface area contributed by atoms with Gasteiger partial charge in [-0.15, -0.1) is 11.3 Å². The molecule has 7 nitrogen and oxygen atoms in total. The molecule has 1 saturated carbocycles. The number of thiophene rings is 1. The summed E-state index contributed by atoms with van der Waals surface area (Å²) in [6.45, 7) is 1.15. The number of fused-ring (bicyclic) bond motifs is 1. The lowest BCUT2D eigenvalue weighted by Crippen LogP contribution is -2.37. The van der Waals surface area contributed by atoms with Gasteiger partial charge in [0.1, 0.15) is 34.9 Å². The van der Waals surface area contributed by atoms with Crippen LogP contribution in [0.1, 0.15) is 18.7 Å². The highest BCUT2D eigenvalue weighted by molar-refractivity contribution is 7.17. The molecule has 2 heterocycles. The molecule has 2 aromatic heterocycles. The highest BCUT2D eigenvalue weighted by Gasteiger charge is 2.31. The SMILES string of the molecule is COc1ccc(-c2csc3nc(CN(CC(O)COc4ccccc4)C4CC4)[nH]c(=O)c23)cc1. The van der Waals surface area contributed by atoms with E-state index in [1.165, 1.54) is 11.3 Å². The third-order valence-electron chi connectivity index (χ3n) is 5.94. The largest absolute Gasteiger partial charge is 0.497 e. The van der Waals surface area contributed by atoms with E-state index in [1.54, 1.807) is 7.11 Å². The zero-order valence-corrected chi connectivity index (χ0v) is 19.8. The van der Waals surface area contributed by atoms with Crippen LogP contribution in [-0.4, -0.2) is 52.4 Å². The maximum Gasteiger partial charge on any atom is 0.260 e. The molecule has 0 spiro atoms. The number of rotatable bonds is 10. The molecule has 0 bridgehead atoms. The zero-order valence-electron chi connectivity index (χ0n) is 18.9. The maximum atomic E-state index is 13.0. The van der Waals surface area contributed by atoms with Crippen molar-refractivity contribution in [1.29, 1.82) is 0 Å². The van der Waals surface area contributed by atoms with Crippen molar-refractivity contribution < 1.29 is 14.6 Å². The van der Waals surface area contributed by atoms with Crippen LogP contribution < -0.4 is 15.0 Å². The summed E-state index contributed by atoms with van der Waals surface area (Å²) in [5.74, 6) is 2.12. The van der Waals surface area contributed by atoms with Gasteiger partial charge in [-0.2, -0.15) is 0 Å². The fraction of sp³-hybridized carbons (Fsp3) is 0.308. The number of aliphatic hydroxyl groups excluding tert-OH is 1. The zero-order chi connectivity index (χ0) is 23.5. The first-order valence-electron chi connectivity index (χ1n) is 11.4. The van der Waals surface area contributed by atoms with Crippen molar-refractivity contribution in [2.45, 2.75) is 31.5 Å². The molecule has 1 fully saturated rings. The van der Waals surface area contributed by atoms with Gasteiger partial charge in [-0.3, -0.25) is 9.69 Å². The summed E-state index contributed by atoms with van der Waals surface area (Å²) >= 11 is 1.47. The standard InChI is InChI=1S/C26H27N3O4S/c1-32-20-11-7-17(8-12-20)22-16-34-26-24(22)25(31)27-23(28-26)14-29(18-9-10-18)13-19(30)15-33-21-5-3-2-4-6-21/h2-8,11-12,16,18-19,30H,9-10,13-15H2,1H3,(H,27,28,31). The Morgan fingerprint density at radius 2 is 1.91 bits per heavy atom. The summed E-state index contributed by atoms with van der Waals surface area (Å²) in [5.41, 5.74) is 1.68. The van der Waals surface area contributed by atoms with E-state index >= 15 is 0 Å². The van der Waals surface area contributed by atoms with Gasteiger partial charge in [-0.05, 0) is 42.7 Å². The van der Waals surface area contributed by atoms with E-state index in [4.69, 9.17) is 14.5 Å². The van der Waals surface area contributed by atoms with Crippen molar-refractivity contribution in [3.8, 4) is 22.6 Å². The Morgan fingerprint density at radius 1 is 1.15 bits per heavy atom. The van der Waals surface area contributed by atoms with Crippen molar-refractivity contribution in [2.75, 3.05) is 20.3 Å². The van der Waals surface area contributed by atoms with Crippen molar-refractivity contribution in [3.05, 3.63) is 76.2 Å². The van der Waals surface area contributed by atoms with Crippen LogP contribution in [0.2, 0.25) is 0 Å². The number of aromatic nitrogens is 2. The molecule has 1 atom stereocenters. The normalized spacial score (nSPS) is 14.4. The van der Waals surface area contributed by atoms with Gasteiger partial charge in [0, 0.05) is 23.5 Å². The second kappa shape index (κ2) is 9.97. The minimum absolute atomic E-state index is 0.143. The summed E-state index contributed by atoms with van der Waals surface area (Å²) in [7, 11) is 1.63. The number of benzene rings is 2. The molecular formula is C26H27N3O4S. The van der Waals surface area contributed by atoms with E-state index in [0.29, 0.717) is 35.2 Å². The Labute approximate surface area is 201 Å². The van der Waals surface area contributed by atoms with Crippen LogP contribution in [0.4, 0.5) is 0 Å². The highest BCUT2D eigenvalue weighted by Crippen LogP contribution is 2.32. The first kappa shape index (κ1) is 22.6. The number of aromatic amines is 1. The highest BCUT2D eigenvalue weighted by atomic mass is 32.1. The number of hydrogen-bond donors (Lipinski definition) is 2. The van der Waals surface area contributed by atoms with E-state index in [9.17, 15) is 9.90 Å². The fourth-order valence-electron chi connectivity index (χ4n) is 4.06. The van der Waals surface area contributed by atoms with Gasteiger partial charge in [0.05, 0.1) is 19.0 Å². The topological polar surface area (TPSA) is 87.7 Å². The summed E-state index contributed by atoms with van der Waals surface area (Å²) in [6.07, 6.45) is 1.53. The Bertz CT molecular complexity index is 1300. The van der Waals surface area contributed by atoms with Gasteiger partial charge in [0.25, 0.3) is 5.56 Å². The lowest BCUT2D eigenvalue weighted by Gasteiger charge is -2.24. The van der Waals surface area contributed by atoms with E-state index < -0.39 is 6.10 Å². The molecule has 0 radical (unpaired) electrons. The van der Waals surface area contributed by atoms with Gasteiger partial charge in [0.15, 0.2) is 0 Å². The summed E-state index contributed by atoms with van der Waals surface area (Å²) in [6, 6.07) is 17.5. The molecule has 176 valence electrons. The van der Waals surface area contributed by atoms with Gasteiger partial charge >= 0.3 is 0 Å². The van der Waals surface area contributed by atoms with Crippen LogP contribution in [0, 0.1) is 0 Å². The Hall–Kier alpha value is -3.20. The number of aliphatic hydroxyl groups is 1. The molecule has 0 saturated heterocycles. The quantitative estimate of drug-likeness (QED) is 0.358. The van der Waals surface area contributed by atoms with Gasteiger partial charge in [-0.25, -0.2) is 4.98 Å². The van der Waals surface area contributed by atoms with E-state index in [0.717, 1.165) is 35.5 Å². The second-order valence-corrected chi connectivity index (χ2v) is 9.37. The number of H-pyrrole nitrogens is 1. The minimum Gasteiger partial charge on any atom is -0.497 e. The summed E-state index contributed by atoms with van der Waals surface area (Å²) in [5, 5.41) is 13.1. The molecule has 4 aromatic rings. The van der Waals surface area contributed by atoms with Crippen molar-refractivity contribution in [2.24, 2.45) is 0 Å². The Balaban J connectivity index is 1.30. The van der Waals surface area contributed by atoms with Gasteiger partial charge in [0.2, 0.25) is 0 Å². The number of nitrogens with one attached hydrogen (secondary N) is 1. The molecule has 1 unspecified atom stereocenters. The van der Waals surface area contributed by atoms with Gasteiger partial charge < -0.3 is 19.6 Å². The number of hydrogen-bond acceptors (Lipinski definition) is 7. The van der Waals surface area contributed by atoms with Crippen LogP contribution >= 0.6 is 11.3 Å². The molecule has 1 aliphatic rings. The number of ether oxygens (including phenoxy) is 2. The van der Waals surface area contributed by atoms with Crippen molar-refractivity contribution in [3.63, 3.8) is 0 Å². The van der Waals surface area contributed by atoms with Crippen LogP contribution in [0.25, 0.3) is 21.3 Å². The lowest BCUT2D eigenvalue weighted by molar-refractivity contribution is 0.0617. The molecule has 34 heavy (non-hydrogen) atoms. The van der Waals surface area contributed by atoms with Crippen molar-refractivity contribution in [1.82, 2.24) is 14.9 Å². The number of methoxy groups -OCH3 is 1. The Kier molecular flexibility index (Phi) is 6.62. The van der Waals surface area contributed by atoms with Crippen LogP contribution in [0.3, 0.4) is 0 Å². The predicted molar refractivity (Wildman–Crippen MR) is 134 cm³/mol. The number of nitrogens with zero attached hydrogens (tertiary/aromatic N) is 2. The van der Waals surface area contributed by atoms with Crippen LogP contribution in [0.5, 0.6) is 11.5 Å². The molecule has 5 rings (SSSR count). The van der Waals surface area contributed by atoms with Gasteiger partial charge in [-0.1, -0.05) is 30.3 Å². The third-order valence-corrected chi connectivity index (χ3v) is 6.81. The minimum atomic E-state index is -0.639. The van der Waals surface area contributed by atoms with Crippen LogP contribution in [0.15, 0.2) is 64.8 Å². The molecular weight excluding hydrogens is 450 g/mol. The fourth-order valence-corrected chi connectivity index (χ4v) is 5.03. The lowest BCUT2D eigenvalue weighted by atomic mass is 10.1.